The van der Waals surface area contributed by atoms with Crippen LogP contribution >= 0.6 is 0 Å². The second-order valence-electron chi connectivity index (χ2n) is 6.48. The van der Waals surface area contributed by atoms with Crippen LogP contribution in [0.4, 0.5) is 5.69 Å². The van der Waals surface area contributed by atoms with Gasteiger partial charge in [0.2, 0.25) is 0 Å². The number of H-pyrrole nitrogens is 1. The van der Waals surface area contributed by atoms with E-state index in [0.29, 0.717) is 17.6 Å². The molecule has 7 nitrogen and oxygen atoms in total. The summed E-state index contributed by atoms with van der Waals surface area (Å²) in [6, 6.07) is 9.35. The van der Waals surface area contributed by atoms with E-state index in [-0.39, 0.29) is 11.7 Å². The van der Waals surface area contributed by atoms with Crippen LogP contribution in [-0.4, -0.2) is 31.8 Å². The number of nitro benzene ring substituents is 1. The number of aromatic amines is 1. The standard InChI is InChI=1S/C18H19N5O2/c1-22(14-8-2-5-12-6-4-10-19-17(12)14)11-16-20-13-7-3-9-15(23(24)25)18(13)21-16/h3-4,6-7,9-10,14H,2,5,8,11H2,1H3,(H,20,21). The van der Waals surface area contributed by atoms with Crippen molar-refractivity contribution < 1.29 is 4.92 Å². The molecule has 1 N–H and O–H groups in total. The van der Waals surface area contributed by atoms with Gasteiger partial charge in [0.1, 0.15) is 5.82 Å². The van der Waals surface area contributed by atoms with Crippen LogP contribution in [0.1, 0.15) is 36.0 Å². The van der Waals surface area contributed by atoms with E-state index in [1.807, 2.05) is 18.3 Å². The quantitative estimate of drug-likeness (QED) is 0.582. The first kappa shape index (κ1) is 15.7. The SMILES string of the molecule is CN(Cc1nc2c([N+](=O)[O-])cccc2[nH]1)C1CCCc2cccnc21. The highest BCUT2D eigenvalue weighted by Crippen LogP contribution is 2.33. The normalized spacial score (nSPS) is 17.0. The first-order chi connectivity index (χ1) is 12.1. The van der Waals surface area contributed by atoms with Crippen molar-refractivity contribution in [3.8, 4) is 0 Å². The van der Waals surface area contributed by atoms with Crippen molar-refractivity contribution in [3.05, 3.63) is 63.7 Å². The zero-order valence-electron chi connectivity index (χ0n) is 14.0. The molecule has 1 aliphatic carbocycles. The van der Waals surface area contributed by atoms with Gasteiger partial charge in [0.25, 0.3) is 5.69 Å². The number of aryl methyl sites for hydroxylation is 1. The van der Waals surface area contributed by atoms with Crippen LogP contribution in [0.3, 0.4) is 0 Å². The molecule has 2 heterocycles. The summed E-state index contributed by atoms with van der Waals surface area (Å²) in [5, 5.41) is 11.2. The summed E-state index contributed by atoms with van der Waals surface area (Å²) in [7, 11) is 2.05. The first-order valence-electron chi connectivity index (χ1n) is 8.39. The molecule has 0 spiro atoms. The van der Waals surface area contributed by atoms with Gasteiger partial charge in [-0.2, -0.15) is 0 Å². The molecule has 3 aromatic rings. The molecule has 0 amide bonds. The summed E-state index contributed by atoms with van der Waals surface area (Å²) in [5.41, 5.74) is 3.59. The van der Waals surface area contributed by atoms with Gasteiger partial charge < -0.3 is 4.98 Å². The molecule has 0 bridgehead atoms. The number of hydrogen-bond donors (Lipinski definition) is 1. The van der Waals surface area contributed by atoms with Crippen LogP contribution in [0.5, 0.6) is 0 Å². The van der Waals surface area contributed by atoms with Crippen LogP contribution in [-0.2, 0) is 13.0 Å². The smallest absolute Gasteiger partial charge is 0.297 e. The highest BCUT2D eigenvalue weighted by Gasteiger charge is 2.26. The van der Waals surface area contributed by atoms with Crippen molar-refractivity contribution in [3.63, 3.8) is 0 Å². The molecule has 0 aliphatic heterocycles. The Hall–Kier alpha value is -2.80. The largest absolute Gasteiger partial charge is 0.341 e. The minimum atomic E-state index is -0.391. The molecule has 7 heteroatoms. The number of benzene rings is 1. The lowest BCUT2D eigenvalue weighted by Crippen LogP contribution is -2.28. The molecular formula is C18H19N5O2. The number of nitro groups is 1. The minimum Gasteiger partial charge on any atom is -0.341 e. The summed E-state index contributed by atoms with van der Waals surface area (Å²) in [6.45, 7) is 0.590. The summed E-state index contributed by atoms with van der Waals surface area (Å²) in [4.78, 5) is 25.2. The minimum absolute atomic E-state index is 0.0346. The fourth-order valence-corrected chi connectivity index (χ4v) is 3.65. The molecule has 1 atom stereocenters. The lowest BCUT2D eigenvalue weighted by molar-refractivity contribution is -0.383. The van der Waals surface area contributed by atoms with E-state index >= 15 is 0 Å². The van der Waals surface area contributed by atoms with E-state index in [2.05, 4.69) is 33.0 Å². The zero-order valence-corrected chi connectivity index (χ0v) is 14.0. The van der Waals surface area contributed by atoms with Crippen molar-refractivity contribution in [2.24, 2.45) is 0 Å². The van der Waals surface area contributed by atoms with Crippen LogP contribution in [0, 0.1) is 10.1 Å². The maximum Gasteiger partial charge on any atom is 0.297 e. The molecule has 0 saturated heterocycles. The Morgan fingerprint density at radius 3 is 3.08 bits per heavy atom. The Bertz CT molecular complexity index is 936. The molecule has 128 valence electrons. The van der Waals surface area contributed by atoms with Crippen molar-refractivity contribution in [1.29, 1.82) is 0 Å². The fourth-order valence-electron chi connectivity index (χ4n) is 3.65. The molecule has 0 fully saturated rings. The molecular weight excluding hydrogens is 318 g/mol. The van der Waals surface area contributed by atoms with Crippen molar-refractivity contribution in [1.82, 2.24) is 19.9 Å². The zero-order chi connectivity index (χ0) is 17.4. The van der Waals surface area contributed by atoms with Crippen LogP contribution in [0.2, 0.25) is 0 Å². The van der Waals surface area contributed by atoms with Crippen LogP contribution in [0.25, 0.3) is 11.0 Å². The molecule has 25 heavy (non-hydrogen) atoms. The number of nitrogens with zero attached hydrogens (tertiary/aromatic N) is 4. The number of rotatable bonds is 4. The molecule has 1 unspecified atom stereocenters. The summed E-state index contributed by atoms with van der Waals surface area (Å²) in [6.07, 6.45) is 5.11. The number of imidazole rings is 1. The highest BCUT2D eigenvalue weighted by molar-refractivity contribution is 5.84. The van der Waals surface area contributed by atoms with Gasteiger partial charge in [-0.1, -0.05) is 12.1 Å². The van der Waals surface area contributed by atoms with Gasteiger partial charge in [-0.05, 0) is 44.0 Å². The average Bonchev–Trinajstić information content (AvgIpc) is 3.03. The number of non-ortho nitro benzene ring substituents is 1. The van der Waals surface area contributed by atoms with Gasteiger partial charge in [0.15, 0.2) is 5.52 Å². The van der Waals surface area contributed by atoms with Crippen molar-refractivity contribution >= 4 is 16.7 Å². The van der Waals surface area contributed by atoms with E-state index in [4.69, 9.17) is 0 Å². The number of para-hydroxylation sites is 1. The monoisotopic (exact) mass is 337 g/mol. The van der Waals surface area contributed by atoms with Gasteiger partial charge >= 0.3 is 0 Å². The molecule has 4 rings (SSSR count). The maximum absolute atomic E-state index is 11.2. The van der Waals surface area contributed by atoms with Crippen LogP contribution in [0.15, 0.2) is 36.5 Å². The van der Waals surface area contributed by atoms with Crippen LogP contribution < -0.4 is 0 Å². The van der Waals surface area contributed by atoms with E-state index < -0.39 is 4.92 Å². The Morgan fingerprint density at radius 1 is 1.36 bits per heavy atom. The first-order valence-corrected chi connectivity index (χ1v) is 8.39. The maximum atomic E-state index is 11.2. The molecule has 1 aromatic carbocycles. The lowest BCUT2D eigenvalue weighted by atomic mass is 9.91. The van der Waals surface area contributed by atoms with Gasteiger partial charge in [-0.3, -0.25) is 20.0 Å². The summed E-state index contributed by atoms with van der Waals surface area (Å²) in [5.74, 6) is 0.731. The summed E-state index contributed by atoms with van der Waals surface area (Å²) < 4.78 is 0. The van der Waals surface area contributed by atoms with Crippen molar-refractivity contribution in [2.75, 3.05) is 7.05 Å². The molecule has 0 radical (unpaired) electrons. The van der Waals surface area contributed by atoms with Crippen molar-refractivity contribution in [2.45, 2.75) is 31.8 Å². The second-order valence-corrected chi connectivity index (χ2v) is 6.48. The Kier molecular flexibility index (Phi) is 3.93. The predicted octanol–water partition coefficient (Wildman–Crippen LogP) is 3.38. The number of hydrogen-bond acceptors (Lipinski definition) is 5. The fraction of sp³-hybridized carbons (Fsp3) is 0.333. The van der Waals surface area contributed by atoms with E-state index in [1.54, 1.807) is 6.07 Å². The van der Waals surface area contributed by atoms with Gasteiger partial charge in [0.05, 0.1) is 28.7 Å². The van der Waals surface area contributed by atoms with Gasteiger partial charge in [-0.25, -0.2) is 4.98 Å². The second kappa shape index (κ2) is 6.25. The van der Waals surface area contributed by atoms with E-state index in [1.165, 1.54) is 11.6 Å². The Balaban J connectivity index is 1.62. The topological polar surface area (TPSA) is 88.0 Å². The van der Waals surface area contributed by atoms with E-state index in [0.717, 1.165) is 30.8 Å². The summed E-state index contributed by atoms with van der Waals surface area (Å²) >= 11 is 0. The number of fused-ring (bicyclic) bond motifs is 2. The molecule has 1 aliphatic rings. The third kappa shape index (κ3) is 2.87. The third-order valence-corrected chi connectivity index (χ3v) is 4.83. The number of pyridine rings is 1. The Morgan fingerprint density at radius 2 is 2.24 bits per heavy atom. The molecule has 2 aromatic heterocycles. The predicted molar refractivity (Wildman–Crippen MR) is 94.1 cm³/mol. The van der Waals surface area contributed by atoms with E-state index in [9.17, 15) is 10.1 Å². The van der Waals surface area contributed by atoms with Gasteiger partial charge in [0, 0.05) is 12.3 Å². The number of nitrogens with one attached hydrogen (secondary N) is 1. The Labute approximate surface area is 144 Å². The highest BCUT2D eigenvalue weighted by atomic mass is 16.6. The molecule has 0 saturated carbocycles. The average molecular weight is 337 g/mol. The number of aromatic nitrogens is 3. The third-order valence-electron chi connectivity index (χ3n) is 4.83. The van der Waals surface area contributed by atoms with Gasteiger partial charge in [-0.15, -0.1) is 0 Å². The lowest BCUT2D eigenvalue weighted by Gasteiger charge is -2.31.